The Balaban J connectivity index is 2.62. The number of benzene rings is 1. The van der Waals surface area contributed by atoms with Gasteiger partial charge in [0.2, 0.25) is 0 Å². The van der Waals surface area contributed by atoms with Crippen molar-refractivity contribution in [2.75, 3.05) is 19.5 Å². The Labute approximate surface area is 126 Å². The molecule has 0 aliphatic heterocycles. The van der Waals surface area contributed by atoms with Gasteiger partial charge < -0.3 is 15.0 Å². The minimum atomic E-state index is -0.217. The number of methoxy groups -OCH3 is 1. The number of esters is 1. The molecule has 0 bridgehead atoms. The van der Waals surface area contributed by atoms with Crippen molar-refractivity contribution in [1.82, 2.24) is 4.90 Å². The van der Waals surface area contributed by atoms with E-state index in [-0.39, 0.29) is 24.0 Å². The van der Waals surface area contributed by atoms with Crippen molar-refractivity contribution < 1.29 is 14.3 Å². The van der Waals surface area contributed by atoms with Crippen LogP contribution in [0.4, 0.5) is 10.5 Å². The molecule has 5 heteroatoms. The lowest BCUT2D eigenvalue weighted by atomic mass is 10.0. The molecule has 0 aliphatic rings. The number of ether oxygens (including phenoxy) is 1. The number of amides is 2. The van der Waals surface area contributed by atoms with E-state index in [1.165, 1.54) is 7.11 Å². The highest BCUT2D eigenvalue weighted by atomic mass is 16.5. The summed E-state index contributed by atoms with van der Waals surface area (Å²) < 4.78 is 4.71. The molecule has 5 nitrogen and oxygen atoms in total. The van der Waals surface area contributed by atoms with Crippen LogP contribution in [0.25, 0.3) is 0 Å². The number of nitrogens with zero attached hydrogens (tertiary/aromatic N) is 1. The zero-order valence-corrected chi connectivity index (χ0v) is 13.3. The van der Waals surface area contributed by atoms with Crippen LogP contribution in [-0.4, -0.2) is 37.1 Å². The van der Waals surface area contributed by atoms with E-state index < -0.39 is 0 Å². The molecule has 1 aromatic rings. The van der Waals surface area contributed by atoms with E-state index in [4.69, 9.17) is 4.74 Å². The third kappa shape index (κ3) is 5.10. The molecule has 1 N–H and O–H groups in total. The molecule has 1 unspecified atom stereocenters. The van der Waals surface area contributed by atoms with E-state index in [0.717, 1.165) is 11.3 Å². The molecule has 0 saturated carbocycles. The molecule has 2 amide bonds. The van der Waals surface area contributed by atoms with Crippen LogP contribution in [0, 0.1) is 5.92 Å². The normalized spacial score (nSPS) is 11.9. The highest BCUT2D eigenvalue weighted by molar-refractivity contribution is 5.89. The Kier molecular flexibility index (Phi) is 6.21. The summed E-state index contributed by atoms with van der Waals surface area (Å²) in [6.07, 6.45) is 0.618. The van der Waals surface area contributed by atoms with Gasteiger partial charge in [-0.05, 0) is 38.0 Å². The summed E-state index contributed by atoms with van der Waals surface area (Å²) in [6, 6.07) is 7.50. The Morgan fingerprint density at radius 3 is 2.24 bits per heavy atom. The van der Waals surface area contributed by atoms with Gasteiger partial charge in [-0.2, -0.15) is 0 Å². The van der Waals surface area contributed by atoms with E-state index in [2.05, 4.69) is 5.32 Å². The molecule has 0 aromatic heterocycles. The highest BCUT2D eigenvalue weighted by Gasteiger charge is 2.14. The van der Waals surface area contributed by atoms with Crippen molar-refractivity contribution >= 4 is 17.7 Å². The van der Waals surface area contributed by atoms with Crippen LogP contribution < -0.4 is 5.32 Å². The minimum absolute atomic E-state index is 0.138. The monoisotopic (exact) mass is 292 g/mol. The molecule has 0 radical (unpaired) electrons. The SMILES string of the molecule is COC(=O)C(C)Cc1ccc(NC(=O)N(C)C(C)C)cc1. The smallest absolute Gasteiger partial charge is 0.321 e. The Morgan fingerprint density at radius 2 is 1.76 bits per heavy atom. The summed E-state index contributed by atoms with van der Waals surface area (Å²) in [5.74, 6) is -0.395. The van der Waals surface area contributed by atoms with E-state index in [1.807, 2.05) is 45.0 Å². The van der Waals surface area contributed by atoms with Crippen LogP contribution in [0.5, 0.6) is 0 Å². The maximum absolute atomic E-state index is 11.9. The van der Waals surface area contributed by atoms with E-state index in [9.17, 15) is 9.59 Å². The van der Waals surface area contributed by atoms with Gasteiger partial charge in [-0.3, -0.25) is 4.79 Å². The van der Waals surface area contributed by atoms with Crippen LogP contribution in [-0.2, 0) is 16.0 Å². The standard InChI is InChI=1S/C16H24N2O3/c1-11(2)18(4)16(20)17-14-8-6-13(7-9-14)10-12(3)15(19)21-5/h6-9,11-12H,10H2,1-5H3,(H,17,20). The van der Waals surface area contributed by atoms with Crippen LogP contribution >= 0.6 is 0 Å². The second-order valence-corrected chi connectivity index (χ2v) is 5.46. The van der Waals surface area contributed by atoms with Gasteiger partial charge in [-0.15, -0.1) is 0 Å². The molecular formula is C16H24N2O3. The van der Waals surface area contributed by atoms with Crippen molar-refractivity contribution in [1.29, 1.82) is 0 Å². The number of rotatable bonds is 5. The average molecular weight is 292 g/mol. The van der Waals surface area contributed by atoms with Crippen LogP contribution in [0.15, 0.2) is 24.3 Å². The molecular weight excluding hydrogens is 268 g/mol. The molecule has 0 saturated heterocycles. The summed E-state index contributed by atoms with van der Waals surface area (Å²) in [7, 11) is 3.15. The first kappa shape index (κ1) is 17.0. The zero-order valence-electron chi connectivity index (χ0n) is 13.3. The second-order valence-electron chi connectivity index (χ2n) is 5.46. The predicted octanol–water partition coefficient (Wildman–Crippen LogP) is 2.91. The zero-order chi connectivity index (χ0) is 16.0. The van der Waals surface area contributed by atoms with Gasteiger partial charge in [-0.1, -0.05) is 19.1 Å². The molecule has 1 atom stereocenters. The molecule has 116 valence electrons. The number of anilines is 1. The number of hydrogen-bond donors (Lipinski definition) is 1. The van der Waals surface area contributed by atoms with Gasteiger partial charge in [-0.25, -0.2) is 4.79 Å². The lowest BCUT2D eigenvalue weighted by Gasteiger charge is -2.21. The van der Waals surface area contributed by atoms with Gasteiger partial charge in [0.1, 0.15) is 0 Å². The highest BCUT2D eigenvalue weighted by Crippen LogP contribution is 2.14. The second kappa shape index (κ2) is 7.67. The van der Waals surface area contributed by atoms with Crippen molar-refractivity contribution in [2.24, 2.45) is 5.92 Å². The molecule has 0 spiro atoms. The maximum Gasteiger partial charge on any atom is 0.321 e. The van der Waals surface area contributed by atoms with Crippen LogP contribution in [0.3, 0.4) is 0 Å². The van der Waals surface area contributed by atoms with E-state index in [0.29, 0.717) is 6.42 Å². The van der Waals surface area contributed by atoms with E-state index in [1.54, 1.807) is 11.9 Å². The Hall–Kier alpha value is -2.04. The first-order valence-corrected chi connectivity index (χ1v) is 7.05. The number of nitrogens with one attached hydrogen (secondary N) is 1. The Morgan fingerprint density at radius 1 is 1.19 bits per heavy atom. The lowest BCUT2D eigenvalue weighted by molar-refractivity contribution is -0.144. The van der Waals surface area contributed by atoms with Gasteiger partial charge >= 0.3 is 12.0 Å². The van der Waals surface area contributed by atoms with Gasteiger partial charge in [0.15, 0.2) is 0 Å². The first-order valence-electron chi connectivity index (χ1n) is 7.05. The number of carbonyl (C=O) groups excluding carboxylic acids is 2. The third-order valence-electron chi connectivity index (χ3n) is 3.45. The topological polar surface area (TPSA) is 58.6 Å². The molecule has 1 rings (SSSR count). The lowest BCUT2D eigenvalue weighted by Crippen LogP contribution is -2.36. The Bertz CT molecular complexity index is 483. The van der Waals surface area contributed by atoms with Crippen molar-refractivity contribution in [3.05, 3.63) is 29.8 Å². The molecule has 1 aromatic carbocycles. The summed E-state index contributed by atoms with van der Waals surface area (Å²) in [5, 5.41) is 2.83. The molecule has 21 heavy (non-hydrogen) atoms. The largest absolute Gasteiger partial charge is 0.469 e. The molecule has 0 fully saturated rings. The van der Waals surface area contributed by atoms with Gasteiger partial charge in [0, 0.05) is 18.8 Å². The predicted molar refractivity (Wildman–Crippen MR) is 83.2 cm³/mol. The van der Waals surface area contributed by atoms with Gasteiger partial charge in [0.25, 0.3) is 0 Å². The summed E-state index contributed by atoms with van der Waals surface area (Å²) in [4.78, 5) is 24.9. The number of carbonyl (C=O) groups is 2. The number of urea groups is 1. The summed E-state index contributed by atoms with van der Waals surface area (Å²) in [5.41, 5.74) is 1.77. The van der Waals surface area contributed by atoms with Crippen molar-refractivity contribution in [3.8, 4) is 0 Å². The van der Waals surface area contributed by atoms with Gasteiger partial charge in [0.05, 0.1) is 13.0 Å². The summed E-state index contributed by atoms with van der Waals surface area (Å²) in [6.45, 7) is 5.74. The van der Waals surface area contributed by atoms with Crippen LogP contribution in [0.2, 0.25) is 0 Å². The maximum atomic E-state index is 11.9. The fourth-order valence-electron chi connectivity index (χ4n) is 1.81. The van der Waals surface area contributed by atoms with Crippen molar-refractivity contribution in [3.63, 3.8) is 0 Å². The number of hydrogen-bond acceptors (Lipinski definition) is 3. The molecule has 0 heterocycles. The fraction of sp³-hybridized carbons (Fsp3) is 0.500. The minimum Gasteiger partial charge on any atom is -0.469 e. The average Bonchev–Trinajstić information content (AvgIpc) is 2.47. The van der Waals surface area contributed by atoms with Crippen molar-refractivity contribution in [2.45, 2.75) is 33.2 Å². The third-order valence-corrected chi connectivity index (χ3v) is 3.45. The molecule has 0 aliphatic carbocycles. The van der Waals surface area contributed by atoms with Crippen LogP contribution in [0.1, 0.15) is 26.3 Å². The summed E-state index contributed by atoms with van der Waals surface area (Å²) >= 11 is 0. The quantitative estimate of drug-likeness (QED) is 0.849. The fourth-order valence-corrected chi connectivity index (χ4v) is 1.81. The van der Waals surface area contributed by atoms with E-state index >= 15 is 0 Å². The first-order chi connectivity index (χ1) is 9.85.